The SMILES string of the molecule is CCCCN(C)C(=O)CCNc1ccc(Cl)cc1. The fourth-order valence-electron chi connectivity index (χ4n) is 1.59. The van der Waals surface area contributed by atoms with Crippen LogP contribution in [0.3, 0.4) is 0 Å². The fraction of sp³-hybridized carbons (Fsp3) is 0.500. The first-order chi connectivity index (χ1) is 8.63. The van der Waals surface area contributed by atoms with Crippen molar-refractivity contribution in [3.63, 3.8) is 0 Å². The summed E-state index contributed by atoms with van der Waals surface area (Å²) in [6.45, 7) is 3.62. The molecule has 0 spiro atoms. The highest BCUT2D eigenvalue weighted by molar-refractivity contribution is 6.30. The molecule has 1 rings (SSSR count). The van der Waals surface area contributed by atoms with E-state index in [1.807, 2.05) is 31.3 Å². The zero-order valence-corrected chi connectivity index (χ0v) is 11.8. The minimum absolute atomic E-state index is 0.185. The molecule has 0 aliphatic carbocycles. The van der Waals surface area contributed by atoms with Crippen LogP contribution in [0.5, 0.6) is 0 Å². The maximum absolute atomic E-state index is 11.8. The number of hydrogen-bond donors (Lipinski definition) is 1. The number of halogens is 1. The molecule has 0 heterocycles. The number of amides is 1. The normalized spacial score (nSPS) is 10.2. The maximum Gasteiger partial charge on any atom is 0.224 e. The van der Waals surface area contributed by atoms with Gasteiger partial charge in [0, 0.05) is 37.3 Å². The Morgan fingerprint density at radius 1 is 1.33 bits per heavy atom. The van der Waals surface area contributed by atoms with Crippen LogP contribution < -0.4 is 5.32 Å². The van der Waals surface area contributed by atoms with Crippen LogP contribution in [0, 0.1) is 0 Å². The number of nitrogens with one attached hydrogen (secondary N) is 1. The van der Waals surface area contributed by atoms with Crippen LogP contribution in [0.2, 0.25) is 5.02 Å². The Labute approximate surface area is 114 Å². The van der Waals surface area contributed by atoms with Gasteiger partial charge in [0.2, 0.25) is 5.91 Å². The topological polar surface area (TPSA) is 32.3 Å². The van der Waals surface area contributed by atoms with Crippen molar-refractivity contribution in [1.82, 2.24) is 4.90 Å². The monoisotopic (exact) mass is 268 g/mol. The molecule has 18 heavy (non-hydrogen) atoms. The molecule has 0 atom stereocenters. The van der Waals surface area contributed by atoms with Crippen molar-refractivity contribution in [3.05, 3.63) is 29.3 Å². The first-order valence-corrected chi connectivity index (χ1v) is 6.74. The van der Waals surface area contributed by atoms with Gasteiger partial charge in [0.05, 0.1) is 0 Å². The van der Waals surface area contributed by atoms with Gasteiger partial charge in [-0.25, -0.2) is 0 Å². The number of carbonyl (C=O) groups is 1. The highest BCUT2D eigenvalue weighted by atomic mass is 35.5. The smallest absolute Gasteiger partial charge is 0.224 e. The molecule has 1 aromatic rings. The van der Waals surface area contributed by atoms with Gasteiger partial charge in [-0.2, -0.15) is 0 Å². The molecule has 0 radical (unpaired) electrons. The molecule has 0 fully saturated rings. The van der Waals surface area contributed by atoms with E-state index in [2.05, 4.69) is 12.2 Å². The van der Waals surface area contributed by atoms with E-state index < -0.39 is 0 Å². The van der Waals surface area contributed by atoms with E-state index in [1.54, 1.807) is 4.90 Å². The predicted octanol–water partition coefficient (Wildman–Crippen LogP) is 3.40. The van der Waals surface area contributed by atoms with Crippen LogP contribution in [-0.4, -0.2) is 30.9 Å². The van der Waals surface area contributed by atoms with Gasteiger partial charge in [-0.1, -0.05) is 24.9 Å². The molecule has 1 N–H and O–H groups in total. The summed E-state index contributed by atoms with van der Waals surface area (Å²) < 4.78 is 0. The maximum atomic E-state index is 11.8. The molecule has 0 saturated heterocycles. The van der Waals surface area contributed by atoms with Crippen molar-refractivity contribution >= 4 is 23.2 Å². The van der Waals surface area contributed by atoms with Crippen LogP contribution >= 0.6 is 11.6 Å². The van der Waals surface area contributed by atoms with Gasteiger partial charge in [-0.3, -0.25) is 4.79 Å². The zero-order valence-electron chi connectivity index (χ0n) is 11.1. The highest BCUT2D eigenvalue weighted by Crippen LogP contribution is 2.13. The molecule has 4 heteroatoms. The van der Waals surface area contributed by atoms with E-state index in [0.29, 0.717) is 13.0 Å². The lowest BCUT2D eigenvalue weighted by Gasteiger charge is -2.17. The van der Waals surface area contributed by atoms with Crippen LogP contribution in [0.25, 0.3) is 0 Å². The summed E-state index contributed by atoms with van der Waals surface area (Å²) in [5.74, 6) is 0.185. The largest absolute Gasteiger partial charge is 0.385 e. The average molecular weight is 269 g/mol. The Morgan fingerprint density at radius 2 is 2.00 bits per heavy atom. The van der Waals surface area contributed by atoms with Crippen molar-refractivity contribution < 1.29 is 4.79 Å². The molecule has 0 saturated carbocycles. The van der Waals surface area contributed by atoms with Gasteiger partial charge in [-0.05, 0) is 30.7 Å². The number of rotatable bonds is 7. The summed E-state index contributed by atoms with van der Waals surface area (Å²) in [7, 11) is 1.86. The van der Waals surface area contributed by atoms with Gasteiger partial charge in [0.1, 0.15) is 0 Å². The number of hydrogen-bond acceptors (Lipinski definition) is 2. The second-order valence-corrected chi connectivity index (χ2v) is 4.79. The van der Waals surface area contributed by atoms with E-state index in [1.165, 1.54) is 0 Å². The summed E-state index contributed by atoms with van der Waals surface area (Å²) in [6, 6.07) is 7.49. The zero-order chi connectivity index (χ0) is 13.4. The molecule has 0 bridgehead atoms. The Morgan fingerprint density at radius 3 is 2.61 bits per heavy atom. The minimum Gasteiger partial charge on any atom is -0.385 e. The number of unbranched alkanes of at least 4 members (excludes halogenated alkanes) is 1. The molecule has 0 aromatic heterocycles. The molecular weight excluding hydrogens is 248 g/mol. The summed E-state index contributed by atoms with van der Waals surface area (Å²) in [4.78, 5) is 13.6. The molecular formula is C14H21ClN2O. The number of anilines is 1. The number of nitrogens with zero attached hydrogens (tertiary/aromatic N) is 1. The second kappa shape index (κ2) is 7.98. The van der Waals surface area contributed by atoms with Crippen LogP contribution in [0.1, 0.15) is 26.2 Å². The lowest BCUT2D eigenvalue weighted by atomic mass is 10.3. The van der Waals surface area contributed by atoms with Crippen LogP contribution in [0.4, 0.5) is 5.69 Å². The van der Waals surface area contributed by atoms with E-state index in [9.17, 15) is 4.79 Å². The van der Waals surface area contributed by atoms with Crippen LogP contribution in [-0.2, 0) is 4.79 Å². The summed E-state index contributed by atoms with van der Waals surface area (Å²) >= 11 is 5.80. The highest BCUT2D eigenvalue weighted by Gasteiger charge is 2.06. The van der Waals surface area contributed by atoms with Crippen molar-refractivity contribution in [1.29, 1.82) is 0 Å². The summed E-state index contributed by atoms with van der Waals surface area (Å²) in [5.41, 5.74) is 0.989. The van der Waals surface area contributed by atoms with Crippen molar-refractivity contribution in [2.45, 2.75) is 26.2 Å². The third-order valence-corrected chi connectivity index (χ3v) is 3.04. The molecule has 0 aliphatic heterocycles. The van der Waals surface area contributed by atoms with Gasteiger partial charge < -0.3 is 10.2 Å². The Kier molecular flexibility index (Phi) is 6.58. The summed E-state index contributed by atoms with van der Waals surface area (Å²) in [5, 5.41) is 3.93. The van der Waals surface area contributed by atoms with Gasteiger partial charge in [0.15, 0.2) is 0 Å². The van der Waals surface area contributed by atoms with Crippen molar-refractivity contribution in [3.8, 4) is 0 Å². The van der Waals surface area contributed by atoms with E-state index in [0.717, 1.165) is 30.1 Å². The molecule has 0 unspecified atom stereocenters. The predicted molar refractivity (Wildman–Crippen MR) is 77.1 cm³/mol. The molecule has 100 valence electrons. The molecule has 3 nitrogen and oxygen atoms in total. The van der Waals surface area contributed by atoms with E-state index in [4.69, 9.17) is 11.6 Å². The van der Waals surface area contributed by atoms with Gasteiger partial charge in [0.25, 0.3) is 0 Å². The van der Waals surface area contributed by atoms with Crippen LogP contribution in [0.15, 0.2) is 24.3 Å². The third kappa shape index (κ3) is 5.41. The first-order valence-electron chi connectivity index (χ1n) is 6.37. The number of carbonyl (C=O) groups excluding carboxylic acids is 1. The second-order valence-electron chi connectivity index (χ2n) is 4.35. The van der Waals surface area contributed by atoms with E-state index in [-0.39, 0.29) is 5.91 Å². The third-order valence-electron chi connectivity index (χ3n) is 2.79. The molecule has 1 aromatic carbocycles. The lowest BCUT2D eigenvalue weighted by molar-refractivity contribution is -0.129. The lowest BCUT2D eigenvalue weighted by Crippen LogP contribution is -2.29. The summed E-state index contributed by atoms with van der Waals surface area (Å²) in [6.07, 6.45) is 2.69. The Balaban J connectivity index is 2.24. The van der Waals surface area contributed by atoms with Crippen molar-refractivity contribution in [2.75, 3.05) is 25.5 Å². The Hall–Kier alpha value is -1.22. The quantitative estimate of drug-likeness (QED) is 0.822. The van der Waals surface area contributed by atoms with Gasteiger partial charge in [-0.15, -0.1) is 0 Å². The number of benzene rings is 1. The Bertz CT molecular complexity index is 365. The average Bonchev–Trinajstić information content (AvgIpc) is 2.38. The first kappa shape index (κ1) is 14.8. The molecule has 0 aliphatic rings. The minimum atomic E-state index is 0.185. The fourth-order valence-corrected chi connectivity index (χ4v) is 1.72. The van der Waals surface area contributed by atoms with Crippen molar-refractivity contribution in [2.24, 2.45) is 0 Å². The van der Waals surface area contributed by atoms with E-state index >= 15 is 0 Å². The van der Waals surface area contributed by atoms with Gasteiger partial charge >= 0.3 is 0 Å². The standard InChI is InChI=1S/C14H21ClN2O/c1-3-4-11-17(2)14(18)9-10-16-13-7-5-12(15)6-8-13/h5-8,16H,3-4,9-11H2,1-2H3. The molecule has 1 amide bonds.